The van der Waals surface area contributed by atoms with Crippen LogP contribution in [0.25, 0.3) is 12.7 Å². The maximum Gasteiger partial charge on any atom is 0.130 e. The molecule has 0 aliphatic rings. The second-order valence-corrected chi connectivity index (χ2v) is 7.22. The summed E-state index contributed by atoms with van der Waals surface area (Å²) >= 11 is 6.01. The summed E-state index contributed by atoms with van der Waals surface area (Å²) in [4.78, 5) is 3.38. The standard InChI is InChI=1S/C22H27ClFN/c1-7-8-9-19-20(12-14(3)23)17(6)25-22(19)16(5)18-11-10-13(2)15(4)21(18)24/h10-12,16,25H,3,6-9H2,1-2,4-5H3/b20-12+. The molecule has 0 aliphatic heterocycles. The van der Waals surface area contributed by atoms with E-state index < -0.39 is 0 Å². The summed E-state index contributed by atoms with van der Waals surface area (Å²) in [5, 5.41) is 2.26. The van der Waals surface area contributed by atoms with Gasteiger partial charge in [0, 0.05) is 27.2 Å². The molecule has 1 unspecified atom stereocenters. The summed E-state index contributed by atoms with van der Waals surface area (Å²) in [6.07, 6.45) is 4.90. The second kappa shape index (κ2) is 8.05. The van der Waals surface area contributed by atoms with E-state index in [1.54, 1.807) is 0 Å². The molecule has 0 saturated carbocycles. The third-order valence-corrected chi connectivity index (χ3v) is 5.04. The van der Waals surface area contributed by atoms with Gasteiger partial charge in [-0.05, 0) is 55.0 Å². The number of unbranched alkanes of at least 4 members (excludes halogenated alkanes) is 1. The minimum atomic E-state index is -0.124. The molecule has 1 N–H and O–H groups in total. The van der Waals surface area contributed by atoms with E-state index in [1.165, 1.54) is 5.56 Å². The van der Waals surface area contributed by atoms with Gasteiger partial charge in [-0.2, -0.15) is 0 Å². The highest BCUT2D eigenvalue weighted by atomic mass is 35.5. The molecule has 0 radical (unpaired) electrons. The van der Waals surface area contributed by atoms with Gasteiger partial charge in [0.25, 0.3) is 0 Å². The number of nitrogens with one attached hydrogen (secondary N) is 1. The highest BCUT2D eigenvalue weighted by Gasteiger charge is 2.20. The quantitative estimate of drug-likeness (QED) is 0.728. The molecule has 1 aromatic heterocycles. The number of hydrogen-bond donors (Lipinski definition) is 1. The van der Waals surface area contributed by atoms with Crippen molar-refractivity contribution >= 4 is 24.3 Å². The van der Waals surface area contributed by atoms with Crippen LogP contribution in [-0.2, 0) is 6.42 Å². The van der Waals surface area contributed by atoms with Crippen molar-refractivity contribution in [3.8, 4) is 0 Å². The van der Waals surface area contributed by atoms with Gasteiger partial charge in [0.1, 0.15) is 5.82 Å². The van der Waals surface area contributed by atoms with E-state index in [1.807, 2.05) is 39.0 Å². The number of H-pyrrole nitrogens is 1. The van der Waals surface area contributed by atoms with Crippen molar-refractivity contribution in [3.63, 3.8) is 0 Å². The van der Waals surface area contributed by atoms with Crippen molar-refractivity contribution in [3.05, 3.63) is 68.1 Å². The Bertz CT molecular complexity index is 892. The Morgan fingerprint density at radius 1 is 1.36 bits per heavy atom. The van der Waals surface area contributed by atoms with Crippen molar-refractivity contribution in [2.75, 3.05) is 0 Å². The average Bonchev–Trinajstić information content (AvgIpc) is 2.86. The second-order valence-electron chi connectivity index (χ2n) is 6.74. The highest BCUT2D eigenvalue weighted by Crippen LogP contribution is 2.29. The minimum Gasteiger partial charge on any atom is -0.358 e. The van der Waals surface area contributed by atoms with Crippen LogP contribution in [0.5, 0.6) is 0 Å². The number of allylic oxidation sites excluding steroid dienone is 1. The fraction of sp³-hybridized carbons (Fsp3) is 0.364. The number of aromatic amines is 1. The van der Waals surface area contributed by atoms with Gasteiger partial charge in [0.05, 0.1) is 0 Å². The Labute approximate surface area is 154 Å². The van der Waals surface area contributed by atoms with Crippen LogP contribution >= 0.6 is 11.6 Å². The van der Waals surface area contributed by atoms with Crippen molar-refractivity contribution < 1.29 is 4.39 Å². The molecule has 134 valence electrons. The van der Waals surface area contributed by atoms with Gasteiger partial charge in [-0.1, -0.05) is 57.2 Å². The first-order chi connectivity index (χ1) is 11.8. The lowest BCUT2D eigenvalue weighted by Crippen LogP contribution is -2.23. The normalized spacial score (nSPS) is 13.3. The highest BCUT2D eigenvalue weighted by molar-refractivity contribution is 6.33. The number of aromatic nitrogens is 1. The van der Waals surface area contributed by atoms with E-state index >= 15 is 0 Å². The predicted molar refractivity (Wildman–Crippen MR) is 107 cm³/mol. The zero-order valence-electron chi connectivity index (χ0n) is 15.6. The molecule has 0 saturated heterocycles. The first-order valence-corrected chi connectivity index (χ1v) is 9.17. The first-order valence-electron chi connectivity index (χ1n) is 8.79. The zero-order chi connectivity index (χ0) is 18.7. The van der Waals surface area contributed by atoms with E-state index in [0.717, 1.165) is 41.1 Å². The predicted octanol–water partition coefficient (Wildman–Crippen LogP) is 5.21. The molecule has 0 fully saturated rings. The monoisotopic (exact) mass is 359 g/mol. The fourth-order valence-electron chi connectivity index (χ4n) is 3.25. The van der Waals surface area contributed by atoms with Crippen molar-refractivity contribution in [2.45, 2.75) is 52.9 Å². The Morgan fingerprint density at radius 2 is 2.04 bits per heavy atom. The summed E-state index contributed by atoms with van der Waals surface area (Å²) in [7, 11) is 0. The first kappa shape index (κ1) is 19.5. The van der Waals surface area contributed by atoms with Gasteiger partial charge in [-0.25, -0.2) is 4.39 Å². The lowest BCUT2D eigenvalue weighted by atomic mass is 9.90. The van der Waals surface area contributed by atoms with E-state index in [-0.39, 0.29) is 11.7 Å². The largest absolute Gasteiger partial charge is 0.358 e. The number of hydrogen-bond acceptors (Lipinski definition) is 0. The minimum absolute atomic E-state index is 0.0857. The van der Waals surface area contributed by atoms with Gasteiger partial charge >= 0.3 is 0 Å². The molecule has 2 rings (SSSR count). The number of rotatable bonds is 6. The van der Waals surface area contributed by atoms with Crippen molar-refractivity contribution in [1.29, 1.82) is 0 Å². The van der Waals surface area contributed by atoms with Crippen LogP contribution in [-0.4, -0.2) is 4.98 Å². The van der Waals surface area contributed by atoms with Gasteiger partial charge in [0.15, 0.2) is 0 Å². The van der Waals surface area contributed by atoms with Crippen LogP contribution in [0.3, 0.4) is 0 Å². The van der Waals surface area contributed by atoms with Gasteiger partial charge in [-0.15, -0.1) is 0 Å². The number of aryl methyl sites for hydroxylation is 1. The lowest BCUT2D eigenvalue weighted by molar-refractivity contribution is 0.590. The van der Waals surface area contributed by atoms with Crippen LogP contribution < -0.4 is 10.6 Å². The van der Waals surface area contributed by atoms with Crippen LogP contribution in [0.2, 0.25) is 0 Å². The summed E-state index contributed by atoms with van der Waals surface area (Å²) in [6, 6.07) is 3.87. The molecule has 0 aliphatic carbocycles. The molecular weight excluding hydrogens is 333 g/mol. The molecule has 1 atom stereocenters. The molecule has 3 heteroatoms. The summed E-state index contributed by atoms with van der Waals surface area (Å²) < 4.78 is 14.8. The Kier molecular flexibility index (Phi) is 6.29. The number of halogens is 2. The van der Waals surface area contributed by atoms with Gasteiger partial charge < -0.3 is 4.98 Å². The summed E-state index contributed by atoms with van der Waals surface area (Å²) in [5.41, 5.74) is 4.57. The molecule has 1 nitrogen and oxygen atoms in total. The molecule has 2 aromatic rings. The van der Waals surface area contributed by atoms with Crippen LogP contribution in [0.4, 0.5) is 4.39 Å². The van der Waals surface area contributed by atoms with Crippen LogP contribution in [0.15, 0.2) is 23.7 Å². The average molecular weight is 360 g/mol. The molecule has 0 amide bonds. The van der Waals surface area contributed by atoms with E-state index in [4.69, 9.17) is 11.6 Å². The Hall–Kier alpha value is -1.80. The Morgan fingerprint density at radius 3 is 2.64 bits per heavy atom. The maximum atomic E-state index is 14.8. The smallest absolute Gasteiger partial charge is 0.130 e. The zero-order valence-corrected chi connectivity index (χ0v) is 16.4. The van der Waals surface area contributed by atoms with E-state index in [9.17, 15) is 4.39 Å². The topological polar surface area (TPSA) is 15.8 Å². The Balaban J connectivity index is 2.64. The number of benzene rings is 1. The molecule has 25 heavy (non-hydrogen) atoms. The SMILES string of the molecule is C=C(Cl)/C=c1/c(CCCC)c(C(C)c2ccc(C)c(C)c2F)[nH]c1=C. The van der Waals surface area contributed by atoms with E-state index in [0.29, 0.717) is 16.2 Å². The molecule has 0 spiro atoms. The van der Waals surface area contributed by atoms with Crippen LogP contribution in [0, 0.1) is 19.7 Å². The van der Waals surface area contributed by atoms with Crippen molar-refractivity contribution in [1.82, 2.24) is 4.98 Å². The molecular formula is C22H27ClFN. The van der Waals surface area contributed by atoms with Crippen molar-refractivity contribution in [2.24, 2.45) is 0 Å². The van der Waals surface area contributed by atoms with Gasteiger partial charge in [0.2, 0.25) is 0 Å². The fourth-order valence-corrected chi connectivity index (χ4v) is 3.36. The maximum absolute atomic E-state index is 14.8. The van der Waals surface area contributed by atoms with Crippen LogP contribution in [0.1, 0.15) is 60.6 Å². The van der Waals surface area contributed by atoms with Gasteiger partial charge in [-0.3, -0.25) is 0 Å². The summed E-state index contributed by atoms with van der Waals surface area (Å²) in [5.74, 6) is -0.209. The molecule has 1 aromatic carbocycles. The summed E-state index contributed by atoms with van der Waals surface area (Å²) in [6.45, 7) is 15.8. The lowest BCUT2D eigenvalue weighted by Gasteiger charge is -2.16. The molecule has 1 heterocycles. The molecule has 0 bridgehead atoms. The van der Waals surface area contributed by atoms with E-state index in [2.05, 4.69) is 25.1 Å². The third kappa shape index (κ3) is 4.07. The third-order valence-electron chi connectivity index (χ3n) is 4.93.